The van der Waals surface area contributed by atoms with Crippen LogP contribution in [0.15, 0.2) is 48.5 Å². The van der Waals surface area contributed by atoms with Crippen LogP contribution in [-0.4, -0.2) is 17.1 Å². The van der Waals surface area contributed by atoms with Crippen molar-refractivity contribution < 1.29 is 9.90 Å². The van der Waals surface area contributed by atoms with Crippen LogP contribution in [0.4, 0.5) is 5.69 Å². The summed E-state index contributed by atoms with van der Waals surface area (Å²) in [5.41, 5.74) is 8.64. The number of carbonyl (C=O) groups excluding carboxylic acids is 1. The van der Waals surface area contributed by atoms with Crippen molar-refractivity contribution in [2.45, 2.75) is 19.4 Å². The van der Waals surface area contributed by atoms with E-state index in [-0.39, 0.29) is 11.7 Å². The molecule has 0 aliphatic heterocycles. The van der Waals surface area contributed by atoms with Crippen molar-refractivity contribution in [3.8, 4) is 5.75 Å². The van der Waals surface area contributed by atoms with Crippen LogP contribution in [0.5, 0.6) is 5.75 Å². The van der Waals surface area contributed by atoms with Crippen molar-refractivity contribution in [2.75, 3.05) is 5.32 Å². The molecule has 0 aromatic heterocycles. The highest BCUT2D eigenvalue weighted by atomic mass is 16.3. The van der Waals surface area contributed by atoms with Crippen LogP contribution in [0.3, 0.4) is 0 Å². The fraction of sp³-hybridized carbons (Fsp3) is 0.188. The van der Waals surface area contributed by atoms with Crippen LogP contribution in [0.25, 0.3) is 0 Å². The minimum absolute atomic E-state index is 0.200. The molecule has 2 rings (SSSR count). The molecule has 4 heteroatoms. The van der Waals surface area contributed by atoms with E-state index in [1.54, 1.807) is 24.3 Å². The van der Waals surface area contributed by atoms with Gasteiger partial charge in [-0.2, -0.15) is 0 Å². The zero-order chi connectivity index (χ0) is 14.5. The summed E-state index contributed by atoms with van der Waals surface area (Å²) in [7, 11) is 0. The first-order valence-electron chi connectivity index (χ1n) is 6.45. The van der Waals surface area contributed by atoms with E-state index in [2.05, 4.69) is 5.32 Å². The molecule has 0 heterocycles. The average Bonchev–Trinajstić information content (AvgIpc) is 2.41. The second kappa shape index (κ2) is 6.21. The third kappa shape index (κ3) is 3.83. The second-order valence-electron chi connectivity index (χ2n) is 4.84. The van der Waals surface area contributed by atoms with Crippen LogP contribution in [0.2, 0.25) is 0 Å². The van der Waals surface area contributed by atoms with Crippen LogP contribution in [0.1, 0.15) is 11.1 Å². The Labute approximate surface area is 118 Å². The highest BCUT2D eigenvalue weighted by molar-refractivity contribution is 5.94. The largest absolute Gasteiger partial charge is 0.508 e. The number of phenolic OH excluding ortho intramolecular Hbond substituents is 1. The minimum atomic E-state index is -0.625. The Kier molecular flexibility index (Phi) is 4.38. The number of benzene rings is 2. The molecule has 1 unspecified atom stereocenters. The Balaban J connectivity index is 1.96. The normalized spacial score (nSPS) is 11.9. The molecule has 4 nitrogen and oxygen atoms in total. The van der Waals surface area contributed by atoms with Gasteiger partial charge in [0.15, 0.2) is 0 Å². The van der Waals surface area contributed by atoms with E-state index in [4.69, 9.17) is 5.73 Å². The topological polar surface area (TPSA) is 75.4 Å². The first kappa shape index (κ1) is 14.1. The van der Waals surface area contributed by atoms with E-state index in [1.165, 1.54) is 0 Å². The van der Waals surface area contributed by atoms with Crippen molar-refractivity contribution in [3.63, 3.8) is 0 Å². The first-order valence-corrected chi connectivity index (χ1v) is 6.45. The van der Waals surface area contributed by atoms with Crippen LogP contribution < -0.4 is 11.1 Å². The summed E-state index contributed by atoms with van der Waals surface area (Å²) in [5.74, 6) is -0.0183. The van der Waals surface area contributed by atoms with Gasteiger partial charge < -0.3 is 16.2 Å². The zero-order valence-corrected chi connectivity index (χ0v) is 11.3. The molecule has 0 aliphatic rings. The monoisotopic (exact) mass is 270 g/mol. The van der Waals surface area contributed by atoms with E-state index in [0.29, 0.717) is 6.42 Å². The van der Waals surface area contributed by atoms with Crippen LogP contribution >= 0.6 is 0 Å². The van der Waals surface area contributed by atoms with Crippen molar-refractivity contribution >= 4 is 11.6 Å². The molecule has 0 saturated carbocycles. The van der Waals surface area contributed by atoms with E-state index in [0.717, 1.165) is 16.8 Å². The molecule has 1 atom stereocenters. The standard InChI is InChI=1S/C16H18N2O2/c1-11-3-2-4-13(9-11)18-16(20)15(17)10-12-5-7-14(19)8-6-12/h2-9,15,19H,10,17H2,1H3,(H,18,20). The molecule has 104 valence electrons. The Morgan fingerprint density at radius 3 is 2.60 bits per heavy atom. The lowest BCUT2D eigenvalue weighted by Crippen LogP contribution is -2.37. The van der Waals surface area contributed by atoms with Gasteiger partial charge in [0.1, 0.15) is 5.75 Å². The molecule has 2 aromatic rings. The molecule has 0 spiro atoms. The van der Waals surface area contributed by atoms with Crippen molar-refractivity contribution in [1.29, 1.82) is 0 Å². The van der Waals surface area contributed by atoms with Gasteiger partial charge in [-0.05, 0) is 48.7 Å². The molecular formula is C16H18N2O2. The van der Waals surface area contributed by atoms with Gasteiger partial charge in [0.2, 0.25) is 5.91 Å². The number of carbonyl (C=O) groups is 1. The zero-order valence-electron chi connectivity index (χ0n) is 11.3. The molecule has 0 radical (unpaired) electrons. The number of nitrogens with two attached hydrogens (primary N) is 1. The Morgan fingerprint density at radius 2 is 1.95 bits per heavy atom. The lowest BCUT2D eigenvalue weighted by molar-refractivity contribution is -0.117. The summed E-state index contributed by atoms with van der Waals surface area (Å²) < 4.78 is 0. The second-order valence-corrected chi connectivity index (χ2v) is 4.84. The average molecular weight is 270 g/mol. The van der Waals surface area contributed by atoms with Gasteiger partial charge in [-0.15, -0.1) is 0 Å². The van der Waals surface area contributed by atoms with Gasteiger partial charge in [0.05, 0.1) is 6.04 Å². The summed E-state index contributed by atoms with van der Waals surface area (Å²) in [6.45, 7) is 1.96. The van der Waals surface area contributed by atoms with Gasteiger partial charge in [0, 0.05) is 5.69 Å². The Hall–Kier alpha value is -2.33. The lowest BCUT2D eigenvalue weighted by atomic mass is 10.1. The number of rotatable bonds is 4. The van der Waals surface area contributed by atoms with Crippen molar-refractivity contribution in [1.82, 2.24) is 0 Å². The van der Waals surface area contributed by atoms with E-state index < -0.39 is 6.04 Å². The van der Waals surface area contributed by atoms with Gasteiger partial charge >= 0.3 is 0 Å². The SMILES string of the molecule is Cc1cccc(NC(=O)C(N)Cc2ccc(O)cc2)c1. The number of aryl methyl sites for hydroxylation is 1. The molecule has 0 bridgehead atoms. The maximum Gasteiger partial charge on any atom is 0.241 e. The Morgan fingerprint density at radius 1 is 1.25 bits per heavy atom. The van der Waals surface area contributed by atoms with E-state index in [9.17, 15) is 9.90 Å². The Bertz CT molecular complexity index is 594. The number of phenols is 1. The molecule has 0 saturated heterocycles. The molecule has 0 fully saturated rings. The summed E-state index contributed by atoms with van der Waals surface area (Å²) in [6.07, 6.45) is 0.429. The quantitative estimate of drug-likeness (QED) is 0.797. The maximum atomic E-state index is 12.0. The van der Waals surface area contributed by atoms with Crippen molar-refractivity contribution in [2.24, 2.45) is 5.73 Å². The first-order chi connectivity index (χ1) is 9.54. The molecular weight excluding hydrogens is 252 g/mol. The molecule has 2 aromatic carbocycles. The third-order valence-corrected chi connectivity index (χ3v) is 3.01. The van der Waals surface area contributed by atoms with E-state index in [1.807, 2.05) is 31.2 Å². The highest BCUT2D eigenvalue weighted by Crippen LogP contribution is 2.13. The van der Waals surface area contributed by atoms with Crippen LogP contribution in [-0.2, 0) is 11.2 Å². The number of hydrogen-bond acceptors (Lipinski definition) is 3. The number of hydrogen-bond donors (Lipinski definition) is 3. The lowest BCUT2D eigenvalue weighted by Gasteiger charge is -2.12. The number of nitrogens with one attached hydrogen (secondary N) is 1. The fourth-order valence-electron chi connectivity index (χ4n) is 1.94. The summed E-state index contributed by atoms with van der Waals surface area (Å²) in [4.78, 5) is 12.0. The third-order valence-electron chi connectivity index (χ3n) is 3.01. The molecule has 0 aliphatic carbocycles. The van der Waals surface area contributed by atoms with Crippen molar-refractivity contribution in [3.05, 3.63) is 59.7 Å². The number of anilines is 1. The highest BCUT2D eigenvalue weighted by Gasteiger charge is 2.14. The number of amides is 1. The van der Waals surface area contributed by atoms with Gasteiger partial charge in [-0.3, -0.25) is 4.79 Å². The van der Waals surface area contributed by atoms with Gasteiger partial charge in [0.25, 0.3) is 0 Å². The predicted molar refractivity (Wildman–Crippen MR) is 79.6 cm³/mol. The summed E-state index contributed by atoms with van der Waals surface area (Å²) >= 11 is 0. The maximum absolute atomic E-state index is 12.0. The molecule has 20 heavy (non-hydrogen) atoms. The number of aromatic hydroxyl groups is 1. The molecule has 4 N–H and O–H groups in total. The summed E-state index contributed by atoms with van der Waals surface area (Å²) in [6, 6.07) is 13.6. The molecule has 1 amide bonds. The van der Waals surface area contributed by atoms with Crippen LogP contribution in [0, 0.1) is 6.92 Å². The van der Waals surface area contributed by atoms with Gasteiger partial charge in [-0.25, -0.2) is 0 Å². The van der Waals surface area contributed by atoms with E-state index >= 15 is 0 Å². The minimum Gasteiger partial charge on any atom is -0.508 e. The van der Waals surface area contributed by atoms with Gasteiger partial charge in [-0.1, -0.05) is 24.3 Å². The smallest absolute Gasteiger partial charge is 0.241 e. The fourth-order valence-corrected chi connectivity index (χ4v) is 1.94. The predicted octanol–water partition coefficient (Wildman–Crippen LogP) is 2.21. The summed E-state index contributed by atoms with van der Waals surface area (Å²) in [5, 5.41) is 12.0.